The number of thioether (sulfide) groups is 1. The lowest BCUT2D eigenvalue weighted by Gasteiger charge is -1.99. The van der Waals surface area contributed by atoms with Crippen LogP contribution in [0.25, 0.3) is 11.0 Å². The monoisotopic (exact) mass is 296 g/mol. The molecule has 4 heteroatoms. The number of carbonyl (C=O) groups excluding carboxylic acids is 1. The van der Waals surface area contributed by atoms with Crippen LogP contribution >= 0.6 is 11.8 Å². The zero-order valence-electron chi connectivity index (χ0n) is 11.8. The van der Waals surface area contributed by atoms with E-state index in [1.54, 1.807) is 11.8 Å². The molecule has 1 heterocycles. The number of aromatic nitrogens is 2. The van der Waals surface area contributed by atoms with E-state index in [0.29, 0.717) is 6.42 Å². The highest BCUT2D eigenvalue weighted by Gasteiger charge is 2.07. The summed E-state index contributed by atoms with van der Waals surface area (Å²) in [5.74, 6) is 0.905. The van der Waals surface area contributed by atoms with Gasteiger partial charge >= 0.3 is 0 Å². The highest BCUT2D eigenvalue weighted by atomic mass is 32.2. The third-order valence-corrected chi connectivity index (χ3v) is 4.15. The van der Waals surface area contributed by atoms with Gasteiger partial charge in [-0.25, -0.2) is 4.98 Å². The molecule has 3 aromatic rings. The van der Waals surface area contributed by atoms with Crippen molar-refractivity contribution in [3.8, 4) is 0 Å². The molecule has 0 unspecified atom stereocenters. The van der Waals surface area contributed by atoms with Gasteiger partial charge in [0.15, 0.2) is 10.9 Å². The van der Waals surface area contributed by atoms with E-state index >= 15 is 0 Å². The molecule has 0 radical (unpaired) electrons. The lowest BCUT2D eigenvalue weighted by atomic mass is 10.1. The fraction of sp³-hybridized carbons (Fsp3) is 0.176. The maximum atomic E-state index is 12.0. The number of benzene rings is 2. The summed E-state index contributed by atoms with van der Waals surface area (Å²) in [5, 5.41) is 0.872. The van der Waals surface area contributed by atoms with Crippen LogP contribution < -0.4 is 0 Å². The number of hydrogen-bond donors (Lipinski definition) is 1. The Morgan fingerprint density at radius 2 is 2.00 bits per heavy atom. The summed E-state index contributed by atoms with van der Waals surface area (Å²) in [6.45, 7) is 2.06. The third kappa shape index (κ3) is 3.34. The Labute approximate surface area is 127 Å². The number of aryl methyl sites for hydroxylation is 1. The number of fused-ring (bicyclic) bond motifs is 1. The minimum absolute atomic E-state index is 0.176. The normalized spacial score (nSPS) is 10.9. The number of Topliss-reactive ketones (excluding diaryl/α,β-unsaturated/α-hetero) is 1. The van der Waals surface area contributed by atoms with E-state index in [-0.39, 0.29) is 5.78 Å². The van der Waals surface area contributed by atoms with Crippen molar-refractivity contribution in [2.24, 2.45) is 0 Å². The second kappa shape index (κ2) is 6.14. The first kappa shape index (κ1) is 13.9. The Bertz CT molecular complexity index is 765. The molecule has 1 aromatic heterocycles. The summed E-state index contributed by atoms with van der Waals surface area (Å²) < 4.78 is 0. The first-order valence-electron chi connectivity index (χ1n) is 6.90. The quantitative estimate of drug-likeness (QED) is 0.566. The first-order valence-corrected chi connectivity index (χ1v) is 7.88. The van der Waals surface area contributed by atoms with Crippen molar-refractivity contribution >= 4 is 28.6 Å². The van der Waals surface area contributed by atoms with Crippen LogP contribution in [0, 0.1) is 6.92 Å². The van der Waals surface area contributed by atoms with Crippen molar-refractivity contribution in [2.45, 2.75) is 18.5 Å². The highest BCUT2D eigenvalue weighted by molar-refractivity contribution is 7.99. The van der Waals surface area contributed by atoms with Crippen LogP contribution in [-0.2, 0) is 0 Å². The SMILES string of the molecule is Cc1ccc2nc(SCCC(=O)c3ccccc3)[nH]c2c1. The van der Waals surface area contributed by atoms with E-state index in [1.807, 2.05) is 36.4 Å². The van der Waals surface area contributed by atoms with Gasteiger partial charge < -0.3 is 4.98 Å². The van der Waals surface area contributed by atoms with Gasteiger partial charge in [-0.15, -0.1) is 0 Å². The Hall–Kier alpha value is -2.07. The molecular weight excluding hydrogens is 280 g/mol. The van der Waals surface area contributed by atoms with Crippen molar-refractivity contribution in [2.75, 3.05) is 5.75 Å². The van der Waals surface area contributed by atoms with Gasteiger partial charge in [-0.3, -0.25) is 4.79 Å². The largest absolute Gasteiger partial charge is 0.333 e. The molecule has 0 bridgehead atoms. The number of aromatic amines is 1. The molecule has 21 heavy (non-hydrogen) atoms. The molecule has 2 aromatic carbocycles. The number of imidazole rings is 1. The van der Waals surface area contributed by atoms with Crippen LogP contribution in [0.5, 0.6) is 0 Å². The van der Waals surface area contributed by atoms with Crippen molar-refractivity contribution in [3.05, 3.63) is 59.7 Å². The van der Waals surface area contributed by atoms with Gasteiger partial charge in [0.25, 0.3) is 0 Å². The predicted octanol–water partition coefficient (Wildman–Crippen LogP) is 4.24. The topological polar surface area (TPSA) is 45.8 Å². The Balaban J connectivity index is 1.60. The second-order valence-corrected chi connectivity index (χ2v) is 6.03. The minimum atomic E-state index is 0.176. The van der Waals surface area contributed by atoms with E-state index in [4.69, 9.17) is 0 Å². The molecule has 1 N–H and O–H groups in total. The number of hydrogen-bond acceptors (Lipinski definition) is 3. The molecule has 0 saturated carbocycles. The molecule has 0 aliphatic carbocycles. The molecular formula is C17H16N2OS. The maximum Gasteiger partial charge on any atom is 0.166 e. The van der Waals surface area contributed by atoms with E-state index in [0.717, 1.165) is 27.5 Å². The fourth-order valence-corrected chi connectivity index (χ4v) is 3.00. The summed E-state index contributed by atoms with van der Waals surface area (Å²) in [6.07, 6.45) is 0.519. The summed E-state index contributed by atoms with van der Waals surface area (Å²) >= 11 is 1.59. The lowest BCUT2D eigenvalue weighted by molar-refractivity contribution is 0.0989. The van der Waals surface area contributed by atoms with Gasteiger partial charge in [0.1, 0.15) is 0 Å². The Kier molecular flexibility index (Phi) is 4.06. The zero-order chi connectivity index (χ0) is 14.7. The molecule has 0 saturated heterocycles. The molecule has 0 spiro atoms. The van der Waals surface area contributed by atoms with Gasteiger partial charge in [0.05, 0.1) is 11.0 Å². The summed E-state index contributed by atoms with van der Waals surface area (Å²) in [7, 11) is 0. The fourth-order valence-electron chi connectivity index (χ4n) is 2.18. The molecule has 0 aliphatic rings. The minimum Gasteiger partial charge on any atom is -0.333 e. The van der Waals surface area contributed by atoms with E-state index < -0.39 is 0 Å². The van der Waals surface area contributed by atoms with Gasteiger partial charge in [-0.2, -0.15) is 0 Å². The number of nitrogens with one attached hydrogen (secondary N) is 1. The van der Waals surface area contributed by atoms with E-state index in [1.165, 1.54) is 5.56 Å². The smallest absolute Gasteiger partial charge is 0.166 e. The van der Waals surface area contributed by atoms with Crippen molar-refractivity contribution in [1.29, 1.82) is 0 Å². The number of ketones is 1. The first-order chi connectivity index (χ1) is 10.2. The van der Waals surface area contributed by atoms with Crippen molar-refractivity contribution < 1.29 is 4.79 Å². The van der Waals surface area contributed by atoms with Gasteiger partial charge in [-0.1, -0.05) is 48.2 Å². The molecule has 0 atom stereocenters. The second-order valence-electron chi connectivity index (χ2n) is 4.95. The van der Waals surface area contributed by atoms with Gasteiger partial charge in [-0.05, 0) is 24.6 Å². The van der Waals surface area contributed by atoms with Crippen LogP contribution in [0.15, 0.2) is 53.7 Å². The van der Waals surface area contributed by atoms with Crippen molar-refractivity contribution in [1.82, 2.24) is 9.97 Å². The van der Waals surface area contributed by atoms with Gasteiger partial charge in [0, 0.05) is 17.7 Å². The summed E-state index contributed by atoms with van der Waals surface area (Å²) in [4.78, 5) is 19.8. The maximum absolute atomic E-state index is 12.0. The van der Waals surface area contributed by atoms with Crippen LogP contribution in [-0.4, -0.2) is 21.5 Å². The van der Waals surface area contributed by atoms with Crippen LogP contribution in [0.2, 0.25) is 0 Å². The van der Waals surface area contributed by atoms with E-state index in [2.05, 4.69) is 29.0 Å². The number of rotatable bonds is 5. The molecule has 3 rings (SSSR count). The zero-order valence-corrected chi connectivity index (χ0v) is 12.6. The Morgan fingerprint density at radius 1 is 1.19 bits per heavy atom. The molecule has 0 aliphatic heterocycles. The lowest BCUT2D eigenvalue weighted by Crippen LogP contribution is -2.00. The molecule has 0 amide bonds. The van der Waals surface area contributed by atoms with Crippen LogP contribution in [0.4, 0.5) is 0 Å². The molecule has 3 nitrogen and oxygen atoms in total. The van der Waals surface area contributed by atoms with Crippen molar-refractivity contribution in [3.63, 3.8) is 0 Å². The molecule has 106 valence electrons. The van der Waals surface area contributed by atoms with Crippen LogP contribution in [0.1, 0.15) is 22.3 Å². The standard InChI is InChI=1S/C17H16N2OS/c1-12-7-8-14-15(11-12)19-17(18-14)21-10-9-16(20)13-5-3-2-4-6-13/h2-8,11H,9-10H2,1H3,(H,18,19). The average Bonchev–Trinajstić information content (AvgIpc) is 2.89. The highest BCUT2D eigenvalue weighted by Crippen LogP contribution is 2.21. The van der Waals surface area contributed by atoms with Gasteiger partial charge in [0.2, 0.25) is 0 Å². The van der Waals surface area contributed by atoms with E-state index in [9.17, 15) is 4.79 Å². The number of H-pyrrole nitrogens is 1. The molecule has 0 fully saturated rings. The van der Waals surface area contributed by atoms with Crippen LogP contribution in [0.3, 0.4) is 0 Å². The summed E-state index contributed by atoms with van der Waals surface area (Å²) in [5.41, 5.74) is 4.00. The Morgan fingerprint density at radius 3 is 2.81 bits per heavy atom. The third-order valence-electron chi connectivity index (χ3n) is 3.28. The number of carbonyl (C=O) groups is 1. The average molecular weight is 296 g/mol. The summed E-state index contributed by atoms with van der Waals surface area (Å²) in [6, 6.07) is 15.6. The predicted molar refractivity (Wildman–Crippen MR) is 86.9 cm³/mol. The number of nitrogens with zero attached hydrogens (tertiary/aromatic N) is 1.